The summed E-state index contributed by atoms with van der Waals surface area (Å²) in [6.45, 7) is 0.0650. The van der Waals surface area contributed by atoms with Crippen LogP contribution in [0.25, 0.3) is 22.0 Å². The van der Waals surface area contributed by atoms with Crippen molar-refractivity contribution in [1.29, 1.82) is 0 Å². The van der Waals surface area contributed by atoms with Crippen LogP contribution in [-0.4, -0.2) is 36.0 Å². The summed E-state index contributed by atoms with van der Waals surface area (Å²) < 4.78 is 49.1. The van der Waals surface area contributed by atoms with Crippen molar-refractivity contribution in [2.75, 3.05) is 12.8 Å². The Morgan fingerprint density at radius 1 is 1.18 bits per heavy atom. The smallest absolute Gasteiger partial charge is 0.282 e. The van der Waals surface area contributed by atoms with Gasteiger partial charge in [0.2, 0.25) is 0 Å². The molecule has 4 N–H and O–H groups in total. The average Bonchev–Trinajstić information content (AvgIpc) is 3.21. The first-order chi connectivity index (χ1) is 19.1. The van der Waals surface area contributed by atoms with E-state index in [-0.39, 0.29) is 34.9 Å². The second kappa shape index (κ2) is 10.5. The second-order valence-electron chi connectivity index (χ2n) is 8.70. The number of hydrogen-bond donors (Lipinski definition) is 3. The Labute approximate surface area is 232 Å². The first-order valence-corrected chi connectivity index (χ1v) is 13.6. The van der Waals surface area contributed by atoms with Gasteiger partial charge in [-0.05, 0) is 66.2 Å². The molecule has 0 radical (unpaired) electrons. The topological polar surface area (TPSA) is 149 Å². The van der Waals surface area contributed by atoms with Crippen molar-refractivity contribution < 1.29 is 22.3 Å². The van der Waals surface area contributed by atoms with E-state index in [0.29, 0.717) is 21.5 Å². The summed E-state index contributed by atoms with van der Waals surface area (Å²) in [7, 11) is -3.32. The third kappa shape index (κ3) is 5.01. The van der Waals surface area contributed by atoms with E-state index in [1.165, 1.54) is 25.6 Å². The Balaban J connectivity index is 1.74. The van der Waals surface area contributed by atoms with Gasteiger partial charge in [-0.3, -0.25) is 9.59 Å². The quantitative estimate of drug-likeness (QED) is 0.263. The Hall–Kier alpha value is -4.68. The van der Waals surface area contributed by atoms with Gasteiger partial charge >= 0.3 is 0 Å². The number of nitrogens with two attached hydrogens (primary N) is 1. The maximum absolute atomic E-state index is 14.3. The van der Waals surface area contributed by atoms with Crippen LogP contribution < -0.4 is 20.8 Å². The molecule has 3 heterocycles. The predicted octanol–water partition coefficient (Wildman–Crippen LogP) is 3.94. The third-order valence-corrected chi connectivity index (χ3v) is 7.74. The molecular weight excluding hydrogens is 561 g/mol. The molecule has 0 aliphatic rings. The molecule has 5 aromatic rings. The lowest BCUT2D eigenvalue weighted by Crippen LogP contribution is -2.33. The lowest BCUT2D eigenvalue weighted by molar-refractivity contribution is 0.0974. The van der Waals surface area contributed by atoms with Crippen LogP contribution in [0.1, 0.15) is 16.1 Å². The van der Waals surface area contributed by atoms with Gasteiger partial charge in [0.15, 0.2) is 11.6 Å². The maximum atomic E-state index is 14.3. The number of halogens is 2. The molecule has 0 bridgehead atoms. The molecule has 0 aliphatic heterocycles. The number of anilines is 1. The van der Waals surface area contributed by atoms with Gasteiger partial charge in [0.25, 0.3) is 21.5 Å². The number of hydrogen-bond acceptors (Lipinski definition) is 7. The summed E-state index contributed by atoms with van der Waals surface area (Å²) in [4.78, 5) is 32.8. The number of ether oxygens (including phenoxy) is 1. The number of H-pyrrole nitrogens is 1. The Morgan fingerprint density at radius 3 is 2.67 bits per heavy atom. The minimum absolute atomic E-state index is 0.0650. The molecule has 40 heavy (non-hydrogen) atoms. The number of sulfonamides is 1. The molecule has 5 rings (SSSR count). The third-order valence-electron chi connectivity index (χ3n) is 6.17. The van der Waals surface area contributed by atoms with Gasteiger partial charge in [0.05, 0.1) is 12.0 Å². The van der Waals surface area contributed by atoms with E-state index < -0.39 is 32.2 Å². The fraction of sp³-hybridized carbons (Fsp3) is 0.0741. The lowest BCUT2D eigenvalue weighted by Gasteiger charge is -2.14. The number of pyridine rings is 2. The molecule has 0 aliphatic carbocycles. The first kappa shape index (κ1) is 26.9. The second-order valence-corrected chi connectivity index (χ2v) is 10.8. The number of rotatable bonds is 7. The highest BCUT2D eigenvalue weighted by atomic mass is 35.5. The summed E-state index contributed by atoms with van der Waals surface area (Å²) in [5, 5.41) is 0.768. The number of nitrogen functional groups attached to an aromatic ring is 1. The number of aromatic amines is 1. The van der Waals surface area contributed by atoms with Crippen LogP contribution in [0.3, 0.4) is 0 Å². The van der Waals surface area contributed by atoms with Crippen LogP contribution in [0.5, 0.6) is 5.75 Å². The molecule has 1 amide bonds. The standard InChI is InChI=1S/C27H21ClFN5O5S/c1-39-22-7-5-17(13-20(22)29)40(37,38)33-27(36)25-24(18-3-2-9-32-26(18)35)19-12-16(28)4-6-21(19)34(25)14-15-8-10-31-23(30)11-15/h2-13H,14H2,1H3,(H2,30,31)(H,32,35)(H,33,36). The zero-order valence-corrected chi connectivity index (χ0v) is 22.4. The van der Waals surface area contributed by atoms with E-state index in [0.717, 1.165) is 18.2 Å². The number of nitrogens with one attached hydrogen (secondary N) is 2. The zero-order valence-electron chi connectivity index (χ0n) is 20.8. The number of methoxy groups -OCH3 is 1. The van der Waals surface area contributed by atoms with Gasteiger partial charge in [0, 0.05) is 46.0 Å². The van der Waals surface area contributed by atoms with E-state index >= 15 is 0 Å². The van der Waals surface area contributed by atoms with Crippen LogP contribution in [0.4, 0.5) is 10.2 Å². The van der Waals surface area contributed by atoms with Crippen LogP contribution in [0, 0.1) is 5.82 Å². The number of amides is 1. The van der Waals surface area contributed by atoms with Crippen LogP contribution in [0.15, 0.2) is 82.7 Å². The lowest BCUT2D eigenvalue weighted by atomic mass is 10.0. The zero-order chi connectivity index (χ0) is 28.6. The van der Waals surface area contributed by atoms with Crippen molar-refractivity contribution in [2.24, 2.45) is 0 Å². The van der Waals surface area contributed by atoms with E-state index in [1.54, 1.807) is 41.0 Å². The molecule has 2 aromatic carbocycles. The highest BCUT2D eigenvalue weighted by Gasteiger charge is 2.29. The molecular formula is C27H21ClFN5O5S. The van der Waals surface area contributed by atoms with Gasteiger partial charge < -0.3 is 20.0 Å². The summed E-state index contributed by atoms with van der Waals surface area (Å²) in [6.07, 6.45) is 2.93. The van der Waals surface area contributed by atoms with E-state index in [1.807, 2.05) is 4.72 Å². The minimum Gasteiger partial charge on any atom is -0.494 e. The highest BCUT2D eigenvalue weighted by molar-refractivity contribution is 7.90. The monoisotopic (exact) mass is 581 g/mol. The number of carbonyl (C=O) groups excluding carboxylic acids is 1. The molecule has 0 atom stereocenters. The SMILES string of the molecule is COc1ccc(S(=O)(=O)NC(=O)c2c(-c3ccc[nH]c3=O)c3cc(Cl)ccc3n2Cc2ccnc(N)c2)cc1F. The number of benzene rings is 2. The Bertz CT molecular complexity index is 1960. The molecule has 0 saturated carbocycles. The van der Waals surface area contributed by atoms with Gasteiger partial charge in [0.1, 0.15) is 11.5 Å². The van der Waals surface area contributed by atoms with Crippen molar-refractivity contribution in [3.8, 4) is 16.9 Å². The van der Waals surface area contributed by atoms with E-state index in [4.69, 9.17) is 22.1 Å². The van der Waals surface area contributed by atoms with Crippen LogP contribution >= 0.6 is 11.6 Å². The summed E-state index contributed by atoms with van der Waals surface area (Å²) in [6, 6.07) is 14.2. The van der Waals surface area contributed by atoms with Crippen LogP contribution in [-0.2, 0) is 16.6 Å². The first-order valence-electron chi connectivity index (χ1n) is 11.7. The molecule has 0 spiro atoms. The predicted molar refractivity (Wildman–Crippen MR) is 148 cm³/mol. The van der Waals surface area contributed by atoms with E-state index in [2.05, 4.69) is 9.97 Å². The van der Waals surface area contributed by atoms with Crippen LogP contribution in [0.2, 0.25) is 5.02 Å². The highest BCUT2D eigenvalue weighted by Crippen LogP contribution is 2.36. The number of fused-ring (bicyclic) bond motifs is 1. The number of aromatic nitrogens is 3. The fourth-order valence-corrected chi connectivity index (χ4v) is 5.57. The van der Waals surface area contributed by atoms with Gasteiger partial charge in [-0.1, -0.05) is 11.6 Å². The molecule has 13 heteroatoms. The largest absolute Gasteiger partial charge is 0.494 e. The number of carbonyl (C=O) groups is 1. The van der Waals surface area contributed by atoms with E-state index in [9.17, 15) is 22.4 Å². The average molecular weight is 582 g/mol. The van der Waals surface area contributed by atoms with Gasteiger partial charge in [-0.2, -0.15) is 0 Å². The summed E-state index contributed by atoms with van der Waals surface area (Å²) in [5.41, 5.74) is 6.64. The van der Waals surface area contributed by atoms with Crippen molar-refractivity contribution in [2.45, 2.75) is 11.4 Å². The maximum Gasteiger partial charge on any atom is 0.282 e. The minimum atomic E-state index is -4.56. The Morgan fingerprint density at radius 2 is 1.98 bits per heavy atom. The fourth-order valence-electron chi connectivity index (χ4n) is 4.44. The summed E-state index contributed by atoms with van der Waals surface area (Å²) in [5.74, 6) is -1.89. The normalized spacial score (nSPS) is 11.5. The van der Waals surface area contributed by atoms with Crippen molar-refractivity contribution in [3.05, 3.63) is 106 Å². The molecule has 10 nitrogen and oxygen atoms in total. The molecule has 3 aromatic heterocycles. The van der Waals surface area contributed by atoms with Crippen molar-refractivity contribution in [3.63, 3.8) is 0 Å². The molecule has 0 fully saturated rings. The number of nitrogens with zero attached hydrogens (tertiary/aromatic N) is 2. The molecule has 0 saturated heterocycles. The van der Waals surface area contributed by atoms with Gasteiger partial charge in [-0.15, -0.1) is 0 Å². The van der Waals surface area contributed by atoms with Crippen molar-refractivity contribution in [1.82, 2.24) is 19.3 Å². The Kier molecular flexibility index (Phi) is 7.04. The summed E-state index contributed by atoms with van der Waals surface area (Å²) >= 11 is 6.30. The molecule has 0 unspecified atom stereocenters. The van der Waals surface area contributed by atoms with Crippen molar-refractivity contribution >= 4 is 44.3 Å². The molecule has 204 valence electrons. The van der Waals surface area contributed by atoms with Gasteiger partial charge in [-0.25, -0.2) is 22.5 Å².